The Bertz CT molecular complexity index is 601. The van der Waals surface area contributed by atoms with Crippen molar-refractivity contribution in [2.24, 2.45) is 5.92 Å². The fourth-order valence-electron chi connectivity index (χ4n) is 2.77. The molecule has 132 valence electrons. The molecule has 1 heterocycles. The molecule has 1 aliphatic rings. The quantitative estimate of drug-likeness (QED) is 0.837. The molecule has 1 aromatic rings. The van der Waals surface area contributed by atoms with Gasteiger partial charge in [-0.3, -0.25) is 14.5 Å². The van der Waals surface area contributed by atoms with Gasteiger partial charge in [-0.2, -0.15) is 0 Å². The Kier molecular flexibility index (Phi) is 6.25. The van der Waals surface area contributed by atoms with Gasteiger partial charge in [-0.15, -0.1) is 0 Å². The van der Waals surface area contributed by atoms with Crippen LogP contribution in [0.25, 0.3) is 0 Å². The number of halogens is 2. The highest BCUT2D eigenvalue weighted by Gasteiger charge is 2.30. The molecule has 1 N–H and O–H groups in total. The molecule has 0 aromatic heterocycles. The topological polar surface area (TPSA) is 58.6 Å². The molecule has 1 atom stereocenters. The number of hydrogen-bond donors (Lipinski definition) is 1. The second-order valence-electron chi connectivity index (χ2n) is 5.86. The molecule has 1 aliphatic heterocycles. The smallest absolute Gasteiger partial charge is 0.309 e. The van der Waals surface area contributed by atoms with Gasteiger partial charge in [-0.05, 0) is 51.9 Å². The predicted octanol–water partition coefficient (Wildman–Crippen LogP) is 2.57. The summed E-state index contributed by atoms with van der Waals surface area (Å²) in [5.41, 5.74) is 0.215. The lowest BCUT2D eigenvalue weighted by Crippen LogP contribution is -2.47. The summed E-state index contributed by atoms with van der Waals surface area (Å²) in [4.78, 5) is 26.0. The standard InChI is InChI=1S/C17H22F2N2O3/c1-3-24-17(23)12-6-8-21(9-7-12)11(2)16(22)20-13-4-5-14(18)15(19)10-13/h4-5,10-12H,3,6-9H2,1-2H3,(H,20,22). The number of anilines is 1. The van der Waals surface area contributed by atoms with Crippen LogP contribution in [0.15, 0.2) is 18.2 Å². The van der Waals surface area contributed by atoms with Gasteiger partial charge in [0.25, 0.3) is 0 Å². The van der Waals surface area contributed by atoms with Crippen molar-refractivity contribution in [2.45, 2.75) is 32.7 Å². The van der Waals surface area contributed by atoms with Crippen molar-refractivity contribution in [1.82, 2.24) is 4.90 Å². The Morgan fingerprint density at radius 3 is 2.54 bits per heavy atom. The molecule has 0 radical (unpaired) electrons. The normalized spacial score (nSPS) is 17.3. The third-order valence-electron chi connectivity index (χ3n) is 4.26. The predicted molar refractivity (Wildman–Crippen MR) is 85.4 cm³/mol. The summed E-state index contributed by atoms with van der Waals surface area (Å²) in [6.45, 7) is 5.11. The lowest BCUT2D eigenvalue weighted by molar-refractivity contribution is -0.149. The number of piperidine rings is 1. The number of esters is 1. The van der Waals surface area contributed by atoms with Crippen molar-refractivity contribution in [3.8, 4) is 0 Å². The van der Waals surface area contributed by atoms with Crippen molar-refractivity contribution in [1.29, 1.82) is 0 Å². The van der Waals surface area contributed by atoms with E-state index in [-0.39, 0.29) is 23.5 Å². The number of rotatable bonds is 5. The van der Waals surface area contributed by atoms with E-state index in [0.29, 0.717) is 32.5 Å². The lowest BCUT2D eigenvalue weighted by atomic mass is 9.96. The molecule has 1 saturated heterocycles. The Morgan fingerprint density at radius 2 is 1.96 bits per heavy atom. The number of nitrogens with one attached hydrogen (secondary N) is 1. The van der Waals surface area contributed by atoms with Crippen molar-refractivity contribution in [2.75, 3.05) is 25.0 Å². The molecule has 1 unspecified atom stereocenters. The number of carbonyl (C=O) groups excluding carboxylic acids is 2. The molecule has 5 nitrogen and oxygen atoms in total. The molecule has 0 spiro atoms. The van der Waals surface area contributed by atoms with Crippen molar-refractivity contribution in [3.05, 3.63) is 29.8 Å². The SMILES string of the molecule is CCOC(=O)C1CCN(C(C)C(=O)Nc2ccc(F)c(F)c2)CC1. The lowest BCUT2D eigenvalue weighted by Gasteiger charge is -2.34. The molecule has 7 heteroatoms. The zero-order chi connectivity index (χ0) is 17.7. The minimum atomic E-state index is -1.00. The number of ether oxygens (including phenoxy) is 1. The van der Waals surface area contributed by atoms with Gasteiger partial charge in [-0.25, -0.2) is 8.78 Å². The van der Waals surface area contributed by atoms with E-state index in [0.717, 1.165) is 12.1 Å². The van der Waals surface area contributed by atoms with Crippen molar-refractivity contribution in [3.63, 3.8) is 0 Å². The number of amides is 1. The summed E-state index contributed by atoms with van der Waals surface area (Å²) < 4.78 is 31.1. The first-order valence-electron chi connectivity index (χ1n) is 8.09. The summed E-state index contributed by atoms with van der Waals surface area (Å²) in [5.74, 6) is -2.56. The molecule has 1 aromatic carbocycles. The third-order valence-corrected chi connectivity index (χ3v) is 4.26. The molecule has 1 amide bonds. The third kappa shape index (κ3) is 4.50. The summed E-state index contributed by atoms with van der Waals surface area (Å²) in [7, 11) is 0. The molecule has 24 heavy (non-hydrogen) atoms. The first-order chi connectivity index (χ1) is 11.4. The van der Waals surface area contributed by atoms with E-state index >= 15 is 0 Å². The number of hydrogen-bond acceptors (Lipinski definition) is 4. The number of carbonyl (C=O) groups is 2. The highest BCUT2D eigenvalue weighted by Crippen LogP contribution is 2.21. The Balaban J connectivity index is 1.87. The van der Waals surface area contributed by atoms with Gasteiger partial charge in [0.1, 0.15) is 0 Å². The zero-order valence-corrected chi connectivity index (χ0v) is 13.9. The molecular formula is C17H22F2N2O3. The monoisotopic (exact) mass is 340 g/mol. The Hall–Kier alpha value is -2.02. The summed E-state index contributed by atoms with van der Waals surface area (Å²) in [6, 6.07) is 2.81. The maximum absolute atomic E-state index is 13.2. The first-order valence-corrected chi connectivity index (χ1v) is 8.09. The molecule has 0 saturated carbocycles. The molecule has 0 aliphatic carbocycles. The van der Waals surface area contributed by atoms with Gasteiger partial charge in [0, 0.05) is 11.8 Å². The summed E-state index contributed by atoms with van der Waals surface area (Å²) in [6.07, 6.45) is 1.28. The van der Waals surface area contributed by atoms with Crippen LogP contribution in [0.1, 0.15) is 26.7 Å². The van der Waals surface area contributed by atoms with Crippen LogP contribution in [0, 0.1) is 17.6 Å². The van der Waals surface area contributed by atoms with Gasteiger partial charge >= 0.3 is 5.97 Å². The average molecular weight is 340 g/mol. The molecule has 0 bridgehead atoms. The Labute approximate surface area is 140 Å². The van der Waals surface area contributed by atoms with Crippen LogP contribution >= 0.6 is 0 Å². The molecule has 2 rings (SSSR count). The van der Waals surface area contributed by atoms with Crippen LogP contribution in [0.2, 0.25) is 0 Å². The first kappa shape index (κ1) is 18.3. The van der Waals surface area contributed by atoms with Gasteiger partial charge in [0.05, 0.1) is 18.6 Å². The van der Waals surface area contributed by atoms with Crippen LogP contribution in [0.3, 0.4) is 0 Å². The minimum Gasteiger partial charge on any atom is -0.466 e. The van der Waals surface area contributed by atoms with E-state index in [1.165, 1.54) is 6.07 Å². The van der Waals surface area contributed by atoms with E-state index in [4.69, 9.17) is 4.74 Å². The molecule has 1 fully saturated rings. The number of nitrogens with zero attached hydrogens (tertiary/aromatic N) is 1. The largest absolute Gasteiger partial charge is 0.466 e. The van der Waals surface area contributed by atoms with Crippen LogP contribution in [-0.2, 0) is 14.3 Å². The fraction of sp³-hybridized carbons (Fsp3) is 0.529. The fourth-order valence-corrected chi connectivity index (χ4v) is 2.77. The number of benzene rings is 1. The highest BCUT2D eigenvalue weighted by atomic mass is 19.2. The second-order valence-corrected chi connectivity index (χ2v) is 5.86. The number of likely N-dealkylation sites (tertiary alicyclic amines) is 1. The second kappa shape index (κ2) is 8.19. The average Bonchev–Trinajstić information content (AvgIpc) is 2.58. The highest BCUT2D eigenvalue weighted by molar-refractivity contribution is 5.94. The summed E-state index contributed by atoms with van der Waals surface area (Å²) >= 11 is 0. The van der Waals surface area contributed by atoms with Gasteiger partial charge in [0.15, 0.2) is 11.6 Å². The minimum absolute atomic E-state index is 0.123. The van der Waals surface area contributed by atoms with Crippen LogP contribution in [-0.4, -0.2) is 42.5 Å². The van der Waals surface area contributed by atoms with E-state index in [1.54, 1.807) is 13.8 Å². The molecular weight excluding hydrogens is 318 g/mol. The van der Waals surface area contributed by atoms with Crippen molar-refractivity contribution < 1.29 is 23.1 Å². The van der Waals surface area contributed by atoms with E-state index in [1.807, 2.05) is 4.90 Å². The van der Waals surface area contributed by atoms with E-state index < -0.39 is 17.7 Å². The Morgan fingerprint density at radius 1 is 1.29 bits per heavy atom. The van der Waals surface area contributed by atoms with Gasteiger partial charge < -0.3 is 10.1 Å². The van der Waals surface area contributed by atoms with Gasteiger partial charge in [0.2, 0.25) is 5.91 Å². The van der Waals surface area contributed by atoms with Crippen LogP contribution in [0.4, 0.5) is 14.5 Å². The zero-order valence-electron chi connectivity index (χ0n) is 13.9. The van der Waals surface area contributed by atoms with E-state index in [9.17, 15) is 18.4 Å². The van der Waals surface area contributed by atoms with Crippen molar-refractivity contribution >= 4 is 17.6 Å². The maximum Gasteiger partial charge on any atom is 0.309 e. The van der Waals surface area contributed by atoms with Gasteiger partial charge in [-0.1, -0.05) is 0 Å². The summed E-state index contributed by atoms with van der Waals surface area (Å²) in [5, 5.41) is 2.58. The van der Waals surface area contributed by atoms with Crippen LogP contribution < -0.4 is 5.32 Å². The van der Waals surface area contributed by atoms with E-state index in [2.05, 4.69) is 5.32 Å². The maximum atomic E-state index is 13.2. The van der Waals surface area contributed by atoms with Crippen LogP contribution in [0.5, 0.6) is 0 Å².